The van der Waals surface area contributed by atoms with Crippen LogP contribution in [0, 0.1) is 23.4 Å². The number of halogens is 3. The monoisotopic (exact) mass is 433 g/mol. The third-order valence-corrected chi connectivity index (χ3v) is 6.05. The van der Waals surface area contributed by atoms with Crippen molar-refractivity contribution in [2.24, 2.45) is 16.6 Å². The Morgan fingerprint density at radius 1 is 1.13 bits per heavy atom. The lowest BCUT2D eigenvalue weighted by atomic mass is 9.84. The maximum absolute atomic E-state index is 15.1. The lowest BCUT2D eigenvalue weighted by molar-refractivity contribution is -0.196. The number of aliphatic imine (C=N–C) groups is 1. The average Bonchev–Trinajstić information content (AvgIpc) is 3.00. The van der Waals surface area contributed by atoms with Crippen molar-refractivity contribution in [3.8, 4) is 16.9 Å². The van der Waals surface area contributed by atoms with E-state index in [1.54, 1.807) is 7.05 Å². The van der Waals surface area contributed by atoms with Crippen LogP contribution in [0.2, 0.25) is 0 Å². The lowest BCUT2D eigenvalue weighted by Crippen LogP contribution is -2.44. The second-order valence-electron chi connectivity index (χ2n) is 8.17. The van der Waals surface area contributed by atoms with Crippen molar-refractivity contribution in [3.05, 3.63) is 53.3 Å². The largest absolute Gasteiger partial charge is 0.489 e. The van der Waals surface area contributed by atoms with Crippen LogP contribution in [0.3, 0.4) is 0 Å². The molecular formula is C22H22F3N3O3. The Morgan fingerprint density at radius 2 is 1.90 bits per heavy atom. The fourth-order valence-electron chi connectivity index (χ4n) is 4.54. The molecule has 3 atom stereocenters. The standard InChI is InChI=1S/C22H22F3N3O3/c1-28-21(26)27-22(31-28)10-20(12-3-2-4-29-11-12)30-19-9-18(25)16(8-17(19)22)13-5-14(23)7-15(24)6-13/h5-9,12,20H,2-4,10-11H2,1H3,(H2,26,27). The Morgan fingerprint density at radius 3 is 2.55 bits per heavy atom. The summed E-state index contributed by atoms with van der Waals surface area (Å²) in [7, 11) is 1.63. The molecular weight excluding hydrogens is 411 g/mol. The number of hydrogen-bond acceptors (Lipinski definition) is 6. The van der Waals surface area contributed by atoms with Crippen molar-refractivity contribution < 1.29 is 27.5 Å². The maximum Gasteiger partial charge on any atom is 0.221 e. The molecule has 0 amide bonds. The molecule has 164 valence electrons. The predicted molar refractivity (Wildman–Crippen MR) is 106 cm³/mol. The summed E-state index contributed by atoms with van der Waals surface area (Å²) in [6, 6.07) is 5.58. The first-order chi connectivity index (χ1) is 14.8. The number of rotatable bonds is 2. The van der Waals surface area contributed by atoms with Gasteiger partial charge in [0.2, 0.25) is 11.7 Å². The van der Waals surface area contributed by atoms with Crippen molar-refractivity contribution >= 4 is 5.96 Å². The summed E-state index contributed by atoms with van der Waals surface area (Å²) in [6.07, 6.45) is 1.86. The minimum atomic E-state index is -1.22. The summed E-state index contributed by atoms with van der Waals surface area (Å²) in [5, 5.41) is 1.36. The van der Waals surface area contributed by atoms with Gasteiger partial charge in [-0.3, -0.25) is 0 Å². The van der Waals surface area contributed by atoms with E-state index in [9.17, 15) is 8.78 Å². The number of nitrogens with two attached hydrogens (primary N) is 1. The van der Waals surface area contributed by atoms with Gasteiger partial charge in [-0.15, -0.1) is 0 Å². The van der Waals surface area contributed by atoms with Crippen LogP contribution in [0.4, 0.5) is 13.2 Å². The zero-order chi connectivity index (χ0) is 21.8. The van der Waals surface area contributed by atoms with E-state index in [0.717, 1.165) is 31.0 Å². The second-order valence-corrected chi connectivity index (χ2v) is 8.17. The number of guanidine groups is 1. The summed E-state index contributed by atoms with van der Waals surface area (Å²) >= 11 is 0. The van der Waals surface area contributed by atoms with Crippen molar-refractivity contribution in [3.63, 3.8) is 0 Å². The summed E-state index contributed by atoms with van der Waals surface area (Å²) in [4.78, 5) is 10.6. The third kappa shape index (κ3) is 3.51. The van der Waals surface area contributed by atoms with E-state index in [4.69, 9.17) is 20.0 Å². The number of hydrogen-bond donors (Lipinski definition) is 1. The van der Waals surface area contributed by atoms with Gasteiger partial charge in [-0.05, 0) is 36.6 Å². The first kappa shape index (κ1) is 20.1. The molecule has 1 spiro atoms. The molecule has 6 nitrogen and oxygen atoms in total. The normalized spacial score (nSPS) is 27.7. The number of nitrogens with zero attached hydrogens (tertiary/aromatic N) is 2. The van der Waals surface area contributed by atoms with Gasteiger partial charge >= 0.3 is 0 Å². The maximum atomic E-state index is 15.1. The summed E-state index contributed by atoms with van der Waals surface area (Å²) in [5.74, 6) is -1.71. The van der Waals surface area contributed by atoms with E-state index in [0.29, 0.717) is 25.2 Å². The Kier molecular flexibility index (Phi) is 4.82. The molecule has 1 fully saturated rings. The Bertz CT molecular complexity index is 1040. The molecule has 31 heavy (non-hydrogen) atoms. The fourth-order valence-corrected chi connectivity index (χ4v) is 4.54. The number of benzene rings is 2. The molecule has 0 aliphatic carbocycles. The first-order valence-electron chi connectivity index (χ1n) is 10.2. The number of fused-ring (bicyclic) bond motifs is 2. The molecule has 3 aliphatic heterocycles. The van der Waals surface area contributed by atoms with Gasteiger partial charge in [-0.25, -0.2) is 28.1 Å². The van der Waals surface area contributed by atoms with E-state index in [-0.39, 0.29) is 34.9 Å². The molecule has 3 unspecified atom stereocenters. The highest BCUT2D eigenvalue weighted by molar-refractivity contribution is 5.79. The molecule has 5 rings (SSSR count). The molecule has 2 N–H and O–H groups in total. The smallest absolute Gasteiger partial charge is 0.221 e. The zero-order valence-corrected chi connectivity index (χ0v) is 16.9. The summed E-state index contributed by atoms with van der Waals surface area (Å²) in [6.45, 7) is 1.24. The number of hydroxylamine groups is 2. The molecule has 0 bridgehead atoms. The van der Waals surface area contributed by atoms with Crippen molar-refractivity contribution in [1.82, 2.24) is 5.06 Å². The van der Waals surface area contributed by atoms with Crippen LogP contribution in [0.25, 0.3) is 11.1 Å². The fraction of sp³-hybridized carbons (Fsp3) is 0.409. The Balaban J connectivity index is 1.62. The summed E-state index contributed by atoms with van der Waals surface area (Å²) < 4.78 is 54.4. The molecule has 2 aromatic carbocycles. The molecule has 0 radical (unpaired) electrons. The van der Waals surface area contributed by atoms with Crippen LogP contribution in [0.5, 0.6) is 5.75 Å². The molecule has 1 saturated heterocycles. The van der Waals surface area contributed by atoms with Crippen molar-refractivity contribution in [2.75, 3.05) is 20.3 Å². The van der Waals surface area contributed by atoms with Crippen molar-refractivity contribution in [2.45, 2.75) is 31.1 Å². The van der Waals surface area contributed by atoms with Crippen molar-refractivity contribution in [1.29, 1.82) is 0 Å². The molecule has 2 aromatic rings. The van der Waals surface area contributed by atoms with E-state index in [2.05, 4.69) is 4.99 Å². The van der Waals surface area contributed by atoms with E-state index < -0.39 is 23.2 Å². The highest BCUT2D eigenvalue weighted by Crippen LogP contribution is 2.49. The van der Waals surface area contributed by atoms with Gasteiger partial charge in [0.25, 0.3) is 0 Å². The minimum absolute atomic E-state index is 0.0199. The van der Waals surface area contributed by atoms with E-state index >= 15 is 4.39 Å². The zero-order valence-electron chi connectivity index (χ0n) is 16.9. The molecule has 3 heterocycles. The van der Waals surface area contributed by atoms with Gasteiger partial charge in [0.15, 0.2) is 0 Å². The molecule has 0 saturated carbocycles. The predicted octanol–water partition coefficient (Wildman–Crippen LogP) is 3.69. The van der Waals surface area contributed by atoms with Gasteiger partial charge < -0.3 is 15.2 Å². The first-order valence-corrected chi connectivity index (χ1v) is 10.2. The highest BCUT2D eigenvalue weighted by atomic mass is 19.1. The SMILES string of the molecule is CN1OC2(CC(C3CCCOC3)Oc3cc(F)c(-c4cc(F)cc(F)c4)cc32)N=C1N. The topological polar surface area (TPSA) is 69.3 Å². The number of ether oxygens (including phenoxy) is 2. The van der Waals surface area contributed by atoms with Gasteiger partial charge in [0, 0.05) is 43.7 Å². The van der Waals surface area contributed by atoms with Crippen LogP contribution < -0.4 is 10.5 Å². The van der Waals surface area contributed by atoms with Crippen LogP contribution in [0.1, 0.15) is 24.8 Å². The average molecular weight is 433 g/mol. The van der Waals surface area contributed by atoms with Crippen LogP contribution >= 0.6 is 0 Å². The van der Waals surface area contributed by atoms with Gasteiger partial charge in [0.05, 0.1) is 12.2 Å². The van der Waals surface area contributed by atoms with Crippen LogP contribution in [0.15, 0.2) is 35.3 Å². The Hall–Kier alpha value is -2.78. The van der Waals surface area contributed by atoms with Crippen LogP contribution in [-0.2, 0) is 15.3 Å². The third-order valence-electron chi connectivity index (χ3n) is 6.05. The van der Waals surface area contributed by atoms with Gasteiger partial charge in [-0.2, -0.15) is 0 Å². The molecule has 0 aromatic heterocycles. The highest BCUT2D eigenvalue weighted by Gasteiger charge is 2.50. The molecule has 9 heteroatoms. The minimum Gasteiger partial charge on any atom is -0.489 e. The lowest BCUT2D eigenvalue weighted by Gasteiger charge is -2.41. The van der Waals surface area contributed by atoms with E-state index in [1.165, 1.54) is 17.2 Å². The quantitative estimate of drug-likeness (QED) is 0.782. The second kappa shape index (κ2) is 7.42. The van der Waals surface area contributed by atoms with Gasteiger partial charge in [0.1, 0.15) is 29.3 Å². The molecule has 3 aliphatic rings. The van der Waals surface area contributed by atoms with E-state index in [1.807, 2.05) is 0 Å². The van der Waals surface area contributed by atoms with Crippen LogP contribution in [-0.4, -0.2) is 37.4 Å². The van der Waals surface area contributed by atoms with Gasteiger partial charge in [-0.1, -0.05) is 0 Å². The Labute approximate surface area is 177 Å². The summed E-state index contributed by atoms with van der Waals surface area (Å²) in [5.41, 5.74) is 5.32.